The van der Waals surface area contributed by atoms with E-state index in [-0.39, 0.29) is 18.9 Å². The van der Waals surface area contributed by atoms with Gasteiger partial charge in [0.05, 0.1) is 6.42 Å². The molecule has 1 N–H and O–H groups in total. The van der Waals surface area contributed by atoms with Crippen LogP contribution < -0.4 is 4.74 Å². The van der Waals surface area contributed by atoms with Crippen molar-refractivity contribution in [3.05, 3.63) is 99.6 Å². The van der Waals surface area contributed by atoms with Gasteiger partial charge in [0.15, 0.2) is 0 Å². The smallest absolute Gasteiger partial charge is 0.305 e. The number of carboxylic acid groups (broad SMARTS) is 1. The first-order valence-corrected chi connectivity index (χ1v) is 11.7. The van der Waals surface area contributed by atoms with Gasteiger partial charge in [0.1, 0.15) is 11.4 Å². The van der Waals surface area contributed by atoms with Crippen LogP contribution >= 0.6 is 11.6 Å². The van der Waals surface area contributed by atoms with Crippen molar-refractivity contribution in [2.45, 2.75) is 45.3 Å². The van der Waals surface area contributed by atoms with Crippen molar-refractivity contribution in [2.75, 3.05) is 6.54 Å². The second kappa shape index (κ2) is 9.90. The van der Waals surface area contributed by atoms with Gasteiger partial charge in [0, 0.05) is 36.5 Å². The molecule has 1 amide bonds. The highest BCUT2D eigenvalue weighted by atomic mass is 35.5. The van der Waals surface area contributed by atoms with Gasteiger partial charge in [0.25, 0.3) is 5.91 Å². The number of ether oxygens (including phenoxy) is 1. The Bertz CT molecular complexity index is 1190. The van der Waals surface area contributed by atoms with E-state index in [4.69, 9.17) is 16.3 Å². The van der Waals surface area contributed by atoms with Crippen LogP contribution in [0.25, 0.3) is 0 Å². The molecule has 176 valence electrons. The second-order valence-corrected chi connectivity index (χ2v) is 9.65. The normalized spacial score (nSPS) is 16.6. The van der Waals surface area contributed by atoms with E-state index in [1.165, 1.54) is 0 Å². The fraction of sp³-hybridized carbons (Fsp3) is 0.286. The van der Waals surface area contributed by atoms with Crippen molar-refractivity contribution in [2.24, 2.45) is 0 Å². The zero-order valence-corrected chi connectivity index (χ0v) is 20.1. The summed E-state index contributed by atoms with van der Waals surface area (Å²) in [5.74, 6) is -0.332. The minimum absolute atomic E-state index is 0.106. The molecule has 1 aliphatic rings. The molecule has 6 heteroatoms. The van der Waals surface area contributed by atoms with Crippen LogP contribution in [0.1, 0.15) is 46.0 Å². The molecule has 0 saturated heterocycles. The van der Waals surface area contributed by atoms with Gasteiger partial charge in [-0.3, -0.25) is 9.59 Å². The lowest BCUT2D eigenvalue weighted by Gasteiger charge is -2.24. The molecule has 0 spiro atoms. The van der Waals surface area contributed by atoms with Crippen molar-refractivity contribution in [1.82, 2.24) is 4.90 Å². The zero-order valence-electron chi connectivity index (χ0n) is 19.4. The molecule has 34 heavy (non-hydrogen) atoms. The molecule has 4 rings (SSSR count). The lowest BCUT2D eigenvalue weighted by Crippen LogP contribution is -2.33. The van der Waals surface area contributed by atoms with Gasteiger partial charge >= 0.3 is 5.97 Å². The number of rotatable bonds is 8. The maximum absolute atomic E-state index is 13.4. The summed E-state index contributed by atoms with van der Waals surface area (Å²) in [6.45, 7) is 4.57. The number of hydrogen-bond acceptors (Lipinski definition) is 3. The average molecular weight is 478 g/mol. The summed E-state index contributed by atoms with van der Waals surface area (Å²) in [4.78, 5) is 26.2. The van der Waals surface area contributed by atoms with Gasteiger partial charge in [-0.2, -0.15) is 0 Å². The van der Waals surface area contributed by atoms with E-state index in [0.717, 1.165) is 34.4 Å². The first-order chi connectivity index (χ1) is 16.2. The highest BCUT2D eigenvalue weighted by Gasteiger charge is 2.35. The quantitative estimate of drug-likeness (QED) is 0.451. The number of carboxylic acids is 1. The van der Waals surface area contributed by atoms with Crippen LogP contribution in [0.4, 0.5) is 0 Å². The Morgan fingerprint density at radius 2 is 1.71 bits per heavy atom. The predicted molar refractivity (Wildman–Crippen MR) is 133 cm³/mol. The number of halogens is 1. The van der Waals surface area contributed by atoms with Crippen LogP contribution in [-0.4, -0.2) is 34.0 Å². The van der Waals surface area contributed by atoms with E-state index in [2.05, 4.69) is 6.92 Å². The Labute approximate surface area is 204 Å². The van der Waals surface area contributed by atoms with Gasteiger partial charge in [-0.25, -0.2) is 0 Å². The number of hydrogen-bond donors (Lipinski definition) is 1. The molecule has 0 radical (unpaired) electrons. The van der Waals surface area contributed by atoms with Crippen molar-refractivity contribution in [1.29, 1.82) is 0 Å². The molecule has 0 aliphatic carbocycles. The summed E-state index contributed by atoms with van der Waals surface area (Å²) in [6.07, 6.45) is 1.30. The zero-order chi connectivity index (χ0) is 24.3. The van der Waals surface area contributed by atoms with Gasteiger partial charge < -0.3 is 14.7 Å². The molecule has 0 saturated carbocycles. The Morgan fingerprint density at radius 3 is 2.38 bits per heavy atom. The fourth-order valence-corrected chi connectivity index (χ4v) is 4.49. The number of aliphatic carboxylic acids is 1. The predicted octanol–water partition coefficient (Wildman–Crippen LogP) is 5.70. The molecule has 0 aromatic heterocycles. The topological polar surface area (TPSA) is 66.8 Å². The largest absolute Gasteiger partial charge is 0.487 e. The Balaban J connectivity index is 1.51. The molecular formula is C28H28ClNO4. The first-order valence-electron chi connectivity index (χ1n) is 11.3. The second-order valence-electron chi connectivity index (χ2n) is 9.21. The first kappa shape index (κ1) is 23.8. The maximum Gasteiger partial charge on any atom is 0.305 e. The minimum Gasteiger partial charge on any atom is -0.487 e. The molecule has 1 heterocycles. The molecular weight excluding hydrogens is 450 g/mol. The van der Waals surface area contributed by atoms with E-state index in [1.807, 2.05) is 67.6 Å². The maximum atomic E-state index is 13.4. The van der Waals surface area contributed by atoms with E-state index in [0.29, 0.717) is 23.6 Å². The Hall–Kier alpha value is -3.31. The molecule has 3 aromatic rings. The molecule has 3 aromatic carbocycles. The number of carbonyl (C=O) groups excluding carboxylic acids is 1. The van der Waals surface area contributed by atoms with E-state index >= 15 is 0 Å². The summed E-state index contributed by atoms with van der Waals surface area (Å²) in [6, 6.07) is 21.2. The molecule has 0 fully saturated rings. The standard InChI is InChI=1S/C28H28ClNO4/c1-19-3-5-21(6-4-19)18-30(14-13-26(31)32)27(33)22-9-12-25-23(15-22)17-28(2,34-25)16-20-7-10-24(29)11-8-20/h3-12,15H,13-14,16-18H2,1-2H3,(H,31,32)/t28-/m1/s1. The van der Waals surface area contributed by atoms with Gasteiger partial charge in [-0.15, -0.1) is 0 Å². The molecule has 0 bridgehead atoms. The number of aryl methyl sites for hydroxylation is 1. The number of fused-ring (bicyclic) bond motifs is 1. The molecule has 1 aliphatic heterocycles. The Morgan fingerprint density at radius 1 is 1.03 bits per heavy atom. The van der Waals surface area contributed by atoms with Gasteiger partial charge in [0.2, 0.25) is 0 Å². The van der Waals surface area contributed by atoms with E-state index < -0.39 is 11.6 Å². The number of nitrogens with zero attached hydrogens (tertiary/aromatic N) is 1. The molecule has 1 atom stereocenters. The summed E-state index contributed by atoms with van der Waals surface area (Å²) in [7, 11) is 0. The minimum atomic E-state index is -0.929. The number of benzene rings is 3. The van der Waals surface area contributed by atoms with Crippen molar-refractivity contribution < 1.29 is 19.4 Å². The fourth-order valence-electron chi connectivity index (χ4n) is 4.37. The van der Waals surface area contributed by atoms with Crippen LogP contribution in [0.15, 0.2) is 66.7 Å². The highest BCUT2D eigenvalue weighted by molar-refractivity contribution is 6.30. The molecule has 0 unspecified atom stereocenters. The van der Waals surface area contributed by atoms with E-state index in [9.17, 15) is 14.7 Å². The average Bonchev–Trinajstić information content (AvgIpc) is 3.13. The lowest BCUT2D eigenvalue weighted by molar-refractivity contribution is -0.137. The third-order valence-corrected chi connectivity index (χ3v) is 6.35. The van der Waals surface area contributed by atoms with E-state index in [1.54, 1.807) is 11.0 Å². The van der Waals surface area contributed by atoms with Crippen LogP contribution in [0.5, 0.6) is 5.75 Å². The van der Waals surface area contributed by atoms with Gasteiger partial charge in [-0.1, -0.05) is 53.6 Å². The lowest BCUT2D eigenvalue weighted by atomic mass is 9.91. The SMILES string of the molecule is Cc1ccc(CN(CCC(=O)O)C(=O)c2ccc3c(c2)C[C@@](C)(Cc2ccc(Cl)cc2)O3)cc1. The van der Waals surface area contributed by atoms with Crippen LogP contribution in [0, 0.1) is 6.92 Å². The Kier molecular flexibility index (Phi) is 6.94. The van der Waals surface area contributed by atoms with Gasteiger partial charge in [-0.05, 0) is 60.9 Å². The summed E-state index contributed by atoms with van der Waals surface area (Å²) < 4.78 is 6.27. The van der Waals surface area contributed by atoms with Crippen LogP contribution in [0.2, 0.25) is 5.02 Å². The molecule has 5 nitrogen and oxygen atoms in total. The third-order valence-electron chi connectivity index (χ3n) is 6.10. The summed E-state index contributed by atoms with van der Waals surface area (Å²) in [5, 5.41) is 9.88. The van der Waals surface area contributed by atoms with Crippen molar-refractivity contribution in [3.8, 4) is 5.75 Å². The van der Waals surface area contributed by atoms with Crippen molar-refractivity contribution >= 4 is 23.5 Å². The summed E-state index contributed by atoms with van der Waals surface area (Å²) in [5.41, 5.74) is 4.33. The highest BCUT2D eigenvalue weighted by Crippen LogP contribution is 2.37. The monoisotopic (exact) mass is 477 g/mol. The third kappa shape index (κ3) is 5.78. The van der Waals surface area contributed by atoms with Crippen LogP contribution in [0.3, 0.4) is 0 Å². The number of amides is 1. The summed E-state index contributed by atoms with van der Waals surface area (Å²) >= 11 is 6.01. The number of carbonyl (C=O) groups is 2. The van der Waals surface area contributed by atoms with Crippen molar-refractivity contribution in [3.63, 3.8) is 0 Å². The van der Waals surface area contributed by atoms with Crippen LogP contribution in [-0.2, 0) is 24.2 Å².